The van der Waals surface area contributed by atoms with Crippen LogP contribution in [0.3, 0.4) is 0 Å². The van der Waals surface area contributed by atoms with Crippen LogP contribution >= 0.6 is 0 Å². The van der Waals surface area contributed by atoms with Crippen molar-refractivity contribution in [2.24, 2.45) is 0 Å². The number of ether oxygens (including phenoxy) is 1. The van der Waals surface area contributed by atoms with Gasteiger partial charge in [-0.05, 0) is 62.6 Å². The Labute approximate surface area is 147 Å². The molecule has 25 heavy (non-hydrogen) atoms. The second-order valence-corrected chi connectivity index (χ2v) is 5.91. The highest BCUT2D eigenvalue weighted by Gasteiger charge is 2.15. The van der Waals surface area contributed by atoms with Crippen LogP contribution in [0.5, 0.6) is 5.75 Å². The predicted molar refractivity (Wildman–Crippen MR) is 97.9 cm³/mol. The summed E-state index contributed by atoms with van der Waals surface area (Å²) in [7, 11) is 0. The van der Waals surface area contributed by atoms with E-state index in [1.54, 1.807) is 0 Å². The van der Waals surface area contributed by atoms with E-state index in [1.165, 1.54) is 24.3 Å². The van der Waals surface area contributed by atoms with Crippen LogP contribution in [0.15, 0.2) is 24.3 Å². The van der Waals surface area contributed by atoms with Crippen molar-refractivity contribution in [2.75, 3.05) is 17.2 Å². The summed E-state index contributed by atoms with van der Waals surface area (Å²) >= 11 is 0. The summed E-state index contributed by atoms with van der Waals surface area (Å²) in [6, 6.07) is 5.14. The Hall–Kier alpha value is -2.63. The van der Waals surface area contributed by atoms with Crippen LogP contribution in [0.2, 0.25) is 0 Å². The van der Waals surface area contributed by atoms with E-state index in [0.29, 0.717) is 18.1 Å². The zero-order valence-corrected chi connectivity index (χ0v) is 15.1. The van der Waals surface area contributed by atoms with Crippen molar-refractivity contribution in [2.45, 2.75) is 40.5 Å². The molecule has 1 aromatic carbocycles. The third kappa shape index (κ3) is 4.92. The summed E-state index contributed by atoms with van der Waals surface area (Å²) < 4.78 is 18.7. The van der Waals surface area contributed by atoms with Gasteiger partial charge >= 0.3 is 6.03 Å². The lowest BCUT2D eigenvalue weighted by Crippen LogP contribution is -2.21. The van der Waals surface area contributed by atoms with Gasteiger partial charge in [-0.1, -0.05) is 13.3 Å². The summed E-state index contributed by atoms with van der Waals surface area (Å²) in [5.74, 6) is 0.904. The summed E-state index contributed by atoms with van der Waals surface area (Å²) in [6.45, 7) is 8.46. The molecule has 0 saturated carbocycles. The molecule has 0 aliphatic carbocycles. The normalized spacial score (nSPS) is 10.4. The van der Waals surface area contributed by atoms with Crippen LogP contribution in [0, 0.1) is 26.6 Å². The van der Waals surface area contributed by atoms with Crippen LogP contribution in [0.4, 0.5) is 20.7 Å². The molecule has 0 atom stereocenters. The number of carbonyl (C=O) groups excluding carboxylic acids is 1. The average Bonchev–Trinajstić information content (AvgIpc) is 2.57. The molecule has 134 valence electrons. The van der Waals surface area contributed by atoms with E-state index in [-0.39, 0.29) is 5.82 Å². The van der Waals surface area contributed by atoms with Gasteiger partial charge in [0.1, 0.15) is 17.4 Å². The maximum atomic E-state index is 12.9. The number of pyridine rings is 1. The van der Waals surface area contributed by atoms with E-state index < -0.39 is 6.03 Å². The Balaban J connectivity index is 2.11. The minimum atomic E-state index is -0.430. The molecule has 0 saturated heterocycles. The first kappa shape index (κ1) is 18.7. The molecule has 0 bridgehead atoms. The molecule has 1 aromatic heterocycles. The molecule has 0 aliphatic rings. The van der Waals surface area contributed by atoms with E-state index in [1.807, 2.05) is 20.8 Å². The highest BCUT2D eigenvalue weighted by atomic mass is 19.1. The summed E-state index contributed by atoms with van der Waals surface area (Å²) in [5.41, 5.74) is 3.05. The van der Waals surface area contributed by atoms with Crippen molar-refractivity contribution < 1.29 is 13.9 Å². The molecule has 0 aliphatic heterocycles. The smallest absolute Gasteiger partial charge is 0.324 e. The quantitative estimate of drug-likeness (QED) is 0.727. The molecule has 2 amide bonds. The first-order chi connectivity index (χ1) is 11.9. The van der Waals surface area contributed by atoms with Gasteiger partial charge in [-0.15, -0.1) is 0 Å². The van der Waals surface area contributed by atoms with Crippen LogP contribution in [0.25, 0.3) is 0 Å². The van der Waals surface area contributed by atoms with Crippen LogP contribution < -0.4 is 15.4 Å². The standard InChI is InChI=1S/C19H24FN3O2/c1-5-6-11-25-17-12(2)13(3)18(21-14(17)4)23-19(24)22-16-9-7-15(20)8-10-16/h7-10H,5-6,11H2,1-4H3,(H2,21,22,23,24). The van der Waals surface area contributed by atoms with Crippen molar-refractivity contribution in [1.29, 1.82) is 0 Å². The van der Waals surface area contributed by atoms with Gasteiger partial charge < -0.3 is 10.1 Å². The van der Waals surface area contributed by atoms with Crippen LogP contribution in [-0.4, -0.2) is 17.6 Å². The van der Waals surface area contributed by atoms with E-state index >= 15 is 0 Å². The Morgan fingerprint density at radius 3 is 2.44 bits per heavy atom. The van der Waals surface area contributed by atoms with Crippen molar-refractivity contribution in [1.82, 2.24) is 4.98 Å². The van der Waals surface area contributed by atoms with Gasteiger partial charge in [0.25, 0.3) is 0 Å². The summed E-state index contributed by atoms with van der Waals surface area (Å²) in [6.07, 6.45) is 2.05. The molecule has 0 spiro atoms. The SMILES string of the molecule is CCCCOc1c(C)nc(NC(=O)Nc2ccc(F)cc2)c(C)c1C. The first-order valence-corrected chi connectivity index (χ1v) is 8.36. The first-order valence-electron chi connectivity index (χ1n) is 8.36. The number of benzene rings is 1. The molecule has 6 heteroatoms. The third-order valence-electron chi connectivity index (χ3n) is 3.94. The molecule has 1 heterocycles. The van der Waals surface area contributed by atoms with Gasteiger partial charge in [-0.25, -0.2) is 14.2 Å². The summed E-state index contributed by atoms with van der Waals surface area (Å²) in [5, 5.41) is 5.39. The molecule has 2 rings (SSSR count). The van der Waals surface area contributed by atoms with E-state index in [2.05, 4.69) is 22.5 Å². The van der Waals surface area contributed by atoms with Crippen LogP contribution in [-0.2, 0) is 0 Å². The number of aromatic nitrogens is 1. The number of hydrogen-bond donors (Lipinski definition) is 2. The van der Waals surface area contributed by atoms with E-state index in [4.69, 9.17) is 4.74 Å². The second kappa shape index (κ2) is 8.46. The molecule has 2 N–H and O–H groups in total. The molecular formula is C19H24FN3O2. The number of halogens is 1. The second-order valence-electron chi connectivity index (χ2n) is 5.91. The van der Waals surface area contributed by atoms with E-state index in [0.717, 1.165) is 35.4 Å². The summed E-state index contributed by atoms with van der Waals surface area (Å²) in [4.78, 5) is 16.6. The van der Waals surface area contributed by atoms with Gasteiger partial charge in [-0.3, -0.25) is 5.32 Å². The number of urea groups is 1. The number of hydrogen-bond acceptors (Lipinski definition) is 3. The van der Waals surface area contributed by atoms with Gasteiger partial charge in [0.2, 0.25) is 0 Å². The number of unbranched alkanes of at least 4 members (excludes halogenated alkanes) is 1. The van der Waals surface area contributed by atoms with Crippen molar-refractivity contribution in [3.8, 4) is 5.75 Å². The number of rotatable bonds is 6. The number of amides is 2. The Bertz CT molecular complexity index is 745. The lowest BCUT2D eigenvalue weighted by atomic mass is 10.1. The van der Waals surface area contributed by atoms with Crippen molar-refractivity contribution in [3.05, 3.63) is 46.9 Å². The molecule has 5 nitrogen and oxygen atoms in total. The average molecular weight is 345 g/mol. The topological polar surface area (TPSA) is 63.2 Å². The fourth-order valence-electron chi connectivity index (χ4n) is 2.38. The van der Waals surface area contributed by atoms with Crippen LogP contribution in [0.1, 0.15) is 36.6 Å². The number of nitrogens with zero attached hydrogens (tertiary/aromatic N) is 1. The Kier molecular flexibility index (Phi) is 6.33. The maximum absolute atomic E-state index is 12.9. The molecule has 0 radical (unpaired) electrons. The minimum Gasteiger partial charge on any atom is -0.491 e. The van der Waals surface area contributed by atoms with Gasteiger partial charge in [0, 0.05) is 5.69 Å². The van der Waals surface area contributed by atoms with Gasteiger partial charge in [0.05, 0.1) is 12.3 Å². The molecule has 0 fully saturated rings. The number of carbonyl (C=O) groups is 1. The third-order valence-corrected chi connectivity index (χ3v) is 3.94. The van der Waals surface area contributed by atoms with Gasteiger partial charge in [0.15, 0.2) is 0 Å². The predicted octanol–water partition coefficient (Wildman–Crippen LogP) is 4.97. The monoisotopic (exact) mass is 345 g/mol. The zero-order valence-electron chi connectivity index (χ0n) is 15.1. The van der Waals surface area contributed by atoms with Crippen molar-refractivity contribution >= 4 is 17.5 Å². The highest BCUT2D eigenvalue weighted by molar-refractivity contribution is 5.99. The minimum absolute atomic E-state index is 0.353. The van der Waals surface area contributed by atoms with Gasteiger partial charge in [-0.2, -0.15) is 0 Å². The lowest BCUT2D eigenvalue weighted by Gasteiger charge is -2.17. The fourth-order valence-corrected chi connectivity index (χ4v) is 2.38. The number of nitrogens with one attached hydrogen (secondary N) is 2. The highest BCUT2D eigenvalue weighted by Crippen LogP contribution is 2.29. The maximum Gasteiger partial charge on any atom is 0.324 e. The van der Waals surface area contributed by atoms with Crippen molar-refractivity contribution in [3.63, 3.8) is 0 Å². The molecular weight excluding hydrogens is 321 g/mol. The molecule has 0 unspecified atom stereocenters. The largest absolute Gasteiger partial charge is 0.491 e. The molecule has 2 aromatic rings. The fraction of sp³-hybridized carbons (Fsp3) is 0.368. The Morgan fingerprint density at radius 2 is 1.80 bits per heavy atom. The lowest BCUT2D eigenvalue weighted by molar-refractivity contribution is 0.262. The zero-order chi connectivity index (χ0) is 18.4. The number of anilines is 2. The Morgan fingerprint density at radius 1 is 1.12 bits per heavy atom. The number of aryl methyl sites for hydroxylation is 1. The van der Waals surface area contributed by atoms with E-state index in [9.17, 15) is 9.18 Å².